The minimum atomic E-state index is -0.159. The van der Waals surface area contributed by atoms with E-state index in [0.717, 1.165) is 29.5 Å². The van der Waals surface area contributed by atoms with Crippen LogP contribution in [0.3, 0.4) is 0 Å². The number of fused-ring (bicyclic) bond motifs is 3. The molecule has 3 aromatic rings. The zero-order chi connectivity index (χ0) is 18.8. The van der Waals surface area contributed by atoms with E-state index in [2.05, 4.69) is 15.3 Å². The molecule has 0 fully saturated rings. The van der Waals surface area contributed by atoms with Crippen molar-refractivity contribution < 1.29 is 4.79 Å². The number of nitriles is 1. The van der Waals surface area contributed by atoms with E-state index in [1.54, 1.807) is 35.6 Å². The maximum absolute atomic E-state index is 12.4. The van der Waals surface area contributed by atoms with Crippen molar-refractivity contribution in [1.82, 2.24) is 9.97 Å². The van der Waals surface area contributed by atoms with Crippen LogP contribution >= 0.6 is 23.1 Å². The third kappa shape index (κ3) is 3.75. The predicted molar refractivity (Wildman–Crippen MR) is 108 cm³/mol. The summed E-state index contributed by atoms with van der Waals surface area (Å²) in [5.74, 6) is 1.13. The molecule has 2 N–H and O–H groups in total. The number of aromatic amines is 1. The van der Waals surface area contributed by atoms with Gasteiger partial charge in [0, 0.05) is 10.6 Å². The van der Waals surface area contributed by atoms with Gasteiger partial charge < -0.3 is 10.3 Å². The molecule has 0 spiro atoms. The van der Waals surface area contributed by atoms with E-state index in [4.69, 9.17) is 5.26 Å². The highest BCUT2D eigenvalue weighted by Crippen LogP contribution is 2.34. The number of thiophene rings is 1. The van der Waals surface area contributed by atoms with Gasteiger partial charge in [0.05, 0.1) is 28.5 Å². The Labute approximate surface area is 163 Å². The molecule has 0 radical (unpaired) electrons. The maximum Gasteiger partial charge on any atom is 0.259 e. The molecule has 1 aliphatic rings. The van der Waals surface area contributed by atoms with Gasteiger partial charge in [0.15, 0.2) is 0 Å². The summed E-state index contributed by atoms with van der Waals surface area (Å²) in [6, 6.07) is 8.82. The van der Waals surface area contributed by atoms with Crippen molar-refractivity contribution in [3.63, 3.8) is 0 Å². The van der Waals surface area contributed by atoms with Crippen LogP contribution in [0.1, 0.15) is 28.2 Å². The molecule has 0 aliphatic heterocycles. The highest BCUT2D eigenvalue weighted by Gasteiger charge is 2.21. The molecule has 6 nitrogen and oxygen atoms in total. The third-order valence-corrected chi connectivity index (χ3v) is 6.50. The van der Waals surface area contributed by atoms with Crippen molar-refractivity contribution in [2.75, 3.05) is 11.1 Å². The lowest BCUT2D eigenvalue weighted by molar-refractivity contribution is -0.113. The third-order valence-electron chi connectivity index (χ3n) is 4.37. The summed E-state index contributed by atoms with van der Waals surface area (Å²) in [5, 5.41) is 12.4. The van der Waals surface area contributed by atoms with E-state index in [9.17, 15) is 9.59 Å². The van der Waals surface area contributed by atoms with Gasteiger partial charge in [-0.15, -0.1) is 23.1 Å². The lowest BCUT2D eigenvalue weighted by Gasteiger charge is -2.05. The van der Waals surface area contributed by atoms with Crippen LogP contribution in [0.4, 0.5) is 5.69 Å². The summed E-state index contributed by atoms with van der Waals surface area (Å²) >= 11 is 3.00. The summed E-state index contributed by atoms with van der Waals surface area (Å²) in [5.41, 5.74) is 2.19. The molecule has 0 saturated carbocycles. The first-order valence-corrected chi connectivity index (χ1v) is 10.5. The number of carbonyl (C=O) groups is 1. The number of hydrogen-bond acceptors (Lipinski definition) is 6. The Bertz CT molecular complexity index is 1130. The monoisotopic (exact) mass is 396 g/mol. The molecule has 136 valence electrons. The molecule has 0 unspecified atom stereocenters. The number of hydrogen-bond donors (Lipinski definition) is 2. The van der Waals surface area contributed by atoms with E-state index in [1.807, 2.05) is 6.07 Å². The SMILES string of the molecule is N#Cc1cccc(NC(=O)CSCc2nc3sc4c(c3c(=O)[nH]2)CCC4)c1. The molecule has 1 aliphatic carbocycles. The molecule has 0 saturated heterocycles. The van der Waals surface area contributed by atoms with Crippen LogP contribution in [-0.2, 0) is 23.4 Å². The summed E-state index contributed by atoms with van der Waals surface area (Å²) in [4.78, 5) is 34.0. The first-order valence-electron chi connectivity index (χ1n) is 8.55. The second kappa shape index (κ2) is 7.55. The summed E-state index contributed by atoms with van der Waals surface area (Å²) in [7, 11) is 0. The number of benzene rings is 1. The smallest absolute Gasteiger partial charge is 0.259 e. The minimum Gasteiger partial charge on any atom is -0.325 e. The number of rotatable bonds is 5. The second-order valence-corrected chi connectivity index (χ2v) is 8.35. The lowest BCUT2D eigenvalue weighted by Crippen LogP contribution is -2.15. The lowest BCUT2D eigenvalue weighted by atomic mass is 10.2. The van der Waals surface area contributed by atoms with Gasteiger partial charge in [0.25, 0.3) is 5.56 Å². The Morgan fingerprint density at radius 3 is 3.15 bits per heavy atom. The quantitative estimate of drug-likeness (QED) is 0.690. The number of amides is 1. The number of aromatic nitrogens is 2. The van der Waals surface area contributed by atoms with Crippen molar-refractivity contribution in [3.8, 4) is 6.07 Å². The fraction of sp³-hybridized carbons (Fsp3) is 0.263. The predicted octanol–water partition coefficient (Wildman–Crippen LogP) is 3.22. The average molecular weight is 396 g/mol. The van der Waals surface area contributed by atoms with Crippen molar-refractivity contribution >= 4 is 44.9 Å². The topological polar surface area (TPSA) is 98.6 Å². The van der Waals surface area contributed by atoms with Gasteiger partial charge >= 0.3 is 0 Å². The minimum absolute atomic E-state index is 0.0761. The van der Waals surface area contributed by atoms with Gasteiger partial charge in [-0.3, -0.25) is 9.59 Å². The van der Waals surface area contributed by atoms with E-state index in [0.29, 0.717) is 22.8 Å². The Morgan fingerprint density at radius 1 is 1.41 bits per heavy atom. The average Bonchev–Trinajstić information content (AvgIpc) is 3.22. The molecule has 2 aromatic heterocycles. The van der Waals surface area contributed by atoms with E-state index in [-0.39, 0.29) is 17.2 Å². The van der Waals surface area contributed by atoms with E-state index >= 15 is 0 Å². The van der Waals surface area contributed by atoms with Gasteiger partial charge in [-0.1, -0.05) is 6.07 Å². The fourth-order valence-corrected chi connectivity index (χ4v) is 5.19. The number of anilines is 1. The molecule has 1 amide bonds. The van der Waals surface area contributed by atoms with Gasteiger partial charge in [-0.2, -0.15) is 5.26 Å². The molecular formula is C19H16N4O2S2. The summed E-state index contributed by atoms with van der Waals surface area (Å²) in [6.45, 7) is 0. The van der Waals surface area contributed by atoms with Gasteiger partial charge in [0.2, 0.25) is 5.91 Å². The largest absolute Gasteiger partial charge is 0.325 e. The van der Waals surface area contributed by atoms with Crippen molar-refractivity contribution in [1.29, 1.82) is 5.26 Å². The van der Waals surface area contributed by atoms with Crippen molar-refractivity contribution in [2.45, 2.75) is 25.0 Å². The zero-order valence-electron chi connectivity index (χ0n) is 14.4. The highest BCUT2D eigenvalue weighted by atomic mass is 32.2. The number of thioether (sulfide) groups is 1. The van der Waals surface area contributed by atoms with E-state index < -0.39 is 0 Å². The van der Waals surface area contributed by atoms with Crippen LogP contribution in [0.2, 0.25) is 0 Å². The molecule has 8 heteroatoms. The van der Waals surface area contributed by atoms with Crippen LogP contribution in [0.25, 0.3) is 10.2 Å². The number of H-pyrrole nitrogens is 1. The molecular weight excluding hydrogens is 380 g/mol. The standard InChI is InChI=1S/C19H16N4O2S2/c20-8-11-3-1-4-12(7-11)21-16(24)10-26-9-15-22-18(25)17-13-5-2-6-14(13)27-19(17)23-15/h1,3-4,7H,2,5-6,9-10H2,(H,21,24)(H,22,23,25). The first-order chi connectivity index (χ1) is 13.1. The number of aryl methyl sites for hydroxylation is 2. The Morgan fingerprint density at radius 2 is 2.30 bits per heavy atom. The first kappa shape index (κ1) is 17.8. The molecule has 1 aromatic carbocycles. The molecule has 4 rings (SSSR count). The molecule has 27 heavy (non-hydrogen) atoms. The Hall–Kier alpha value is -2.63. The van der Waals surface area contributed by atoms with Crippen LogP contribution < -0.4 is 10.9 Å². The maximum atomic E-state index is 12.4. The summed E-state index contributed by atoms with van der Waals surface area (Å²) < 4.78 is 0. The zero-order valence-corrected chi connectivity index (χ0v) is 16.0. The van der Waals surface area contributed by atoms with Gasteiger partial charge in [0.1, 0.15) is 10.7 Å². The van der Waals surface area contributed by atoms with Crippen molar-refractivity contribution in [2.24, 2.45) is 0 Å². The Balaban J connectivity index is 1.38. The number of carbonyl (C=O) groups excluding carboxylic acids is 1. The molecule has 0 bridgehead atoms. The van der Waals surface area contributed by atoms with Crippen LogP contribution in [-0.4, -0.2) is 21.6 Å². The van der Waals surface area contributed by atoms with E-state index in [1.165, 1.54) is 22.2 Å². The second-order valence-electron chi connectivity index (χ2n) is 6.28. The molecule has 2 heterocycles. The fourth-order valence-electron chi connectivity index (χ4n) is 3.22. The van der Waals surface area contributed by atoms with Gasteiger partial charge in [-0.05, 0) is 43.0 Å². The molecule has 0 atom stereocenters. The van der Waals surface area contributed by atoms with Crippen LogP contribution in [0.5, 0.6) is 0 Å². The number of nitrogens with zero attached hydrogens (tertiary/aromatic N) is 2. The normalized spacial score (nSPS) is 12.7. The number of nitrogens with one attached hydrogen (secondary N) is 2. The Kier molecular flexibility index (Phi) is 4.97. The highest BCUT2D eigenvalue weighted by molar-refractivity contribution is 7.99. The van der Waals surface area contributed by atoms with Crippen LogP contribution in [0.15, 0.2) is 29.1 Å². The van der Waals surface area contributed by atoms with Gasteiger partial charge in [-0.25, -0.2) is 4.98 Å². The van der Waals surface area contributed by atoms with Crippen LogP contribution in [0, 0.1) is 11.3 Å². The van der Waals surface area contributed by atoms with Crippen molar-refractivity contribution in [3.05, 3.63) is 56.4 Å². The summed E-state index contributed by atoms with van der Waals surface area (Å²) in [6.07, 6.45) is 3.11.